The number of ether oxygens (including phenoxy) is 1. The third kappa shape index (κ3) is 2.86. The van der Waals surface area contributed by atoms with Crippen LogP contribution in [0.4, 0.5) is 4.39 Å². The standard InChI is InChI=1S/C22H24FNO2/c23-16-6-5-15-9-14-3-1-2-4-19(14)21-11-18(26-22(21)20(15)10-16)13-24-8-7-17(25)12-24/h1-6,10,17-18,21-22,25H,7-9,11-13H2/t17?,18-,21-,22-/m1/s1. The lowest BCUT2D eigenvalue weighted by Gasteiger charge is -2.21. The van der Waals surface area contributed by atoms with Gasteiger partial charge in [0.1, 0.15) is 5.82 Å². The number of fused-ring (bicyclic) bond motifs is 5. The van der Waals surface area contributed by atoms with Gasteiger partial charge in [0.2, 0.25) is 0 Å². The highest BCUT2D eigenvalue weighted by molar-refractivity contribution is 5.45. The molecule has 0 aromatic heterocycles. The van der Waals surface area contributed by atoms with Crippen LogP contribution in [0.3, 0.4) is 0 Å². The lowest BCUT2D eigenvalue weighted by Crippen LogP contribution is -2.31. The molecule has 2 saturated heterocycles. The minimum Gasteiger partial charge on any atom is -0.392 e. The Labute approximate surface area is 153 Å². The molecule has 1 N–H and O–H groups in total. The second kappa shape index (κ2) is 6.45. The molecule has 0 amide bonds. The van der Waals surface area contributed by atoms with Crippen molar-refractivity contribution in [1.82, 2.24) is 4.90 Å². The Hall–Kier alpha value is -1.75. The summed E-state index contributed by atoms with van der Waals surface area (Å²) in [5.41, 5.74) is 4.85. The molecule has 4 heteroatoms. The fourth-order valence-electron chi connectivity index (χ4n) is 4.98. The van der Waals surface area contributed by atoms with E-state index in [4.69, 9.17) is 4.74 Å². The fourth-order valence-corrected chi connectivity index (χ4v) is 4.98. The monoisotopic (exact) mass is 353 g/mol. The van der Waals surface area contributed by atoms with E-state index in [2.05, 4.69) is 29.2 Å². The molecule has 1 aliphatic carbocycles. The van der Waals surface area contributed by atoms with Crippen molar-refractivity contribution in [3.63, 3.8) is 0 Å². The van der Waals surface area contributed by atoms with E-state index >= 15 is 0 Å². The number of β-amino-alcohol motifs (C(OH)–C–C–N with tert-alkyl or cyclic N) is 1. The zero-order valence-electron chi connectivity index (χ0n) is 14.8. The number of rotatable bonds is 2. The Morgan fingerprint density at radius 3 is 2.81 bits per heavy atom. The van der Waals surface area contributed by atoms with Crippen molar-refractivity contribution in [3.8, 4) is 0 Å². The van der Waals surface area contributed by atoms with Crippen LogP contribution in [0.1, 0.15) is 47.1 Å². The number of hydrogen-bond donors (Lipinski definition) is 1. The number of benzene rings is 2. The summed E-state index contributed by atoms with van der Waals surface area (Å²) in [6, 6.07) is 13.7. The molecule has 0 saturated carbocycles. The molecule has 0 spiro atoms. The topological polar surface area (TPSA) is 32.7 Å². The van der Waals surface area contributed by atoms with Crippen LogP contribution in [0.5, 0.6) is 0 Å². The molecule has 0 radical (unpaired) electrons. The van der Waals surface area contributed by atoms with Gasteiger partial charge in [-0.05, 0) is 53.6 Å². The van der Waals surface area contributed by atoms with E-state index in [9.17, 15) is 9.50 Å². The van der Waals surface area contributed by atoms with Crippen molar-refractivity contribution in [2.45, 2.75) is 43.5 Å². The summed E-state index contributed by atoms with van der Waals surface area (Å²) in [5, 5.41) is 9.78. The summed E-state index contributed by atoms with van der Waals surface area (Å²) >= 11 is 0. The maximum Gasteiger partial charge on any atom is 0.123 e. The van der Waals surface area contributed by atoms with Gasteiger partial charge in [-0.25, -0.2) is 4.39 Å². The molecule has 5 rings (SSSR count). The number of aliphatic hydroxyl groups excluding tert-OH is 1. The molecule has 2 fully saturated rings. The minimum atomic E-state index is -0.211. The Bertz CT molecular complexity index is 824. The quantitative estimate of drug-likeness (QED) is 0.898. The highest BCUT2D eigenvalue weighted by atomic mass is 19.1. The molecule has 4 atom stereocenters. The van der Waals surface area contributed by atoms with E-state index in [1.807, 2.05) is 6.07 Å². The normalized spacial score (nSPS) is 30.5. The Balaban J connectivity index is 1.49. The van der Waals surface area contributed by atoms with E-state index in [1.54, 1.807) is 12.1 Å². The van der Waals surface area contributed by atoms with Crippen LogP contribution in [0.15, 0.2) is 42.5 Å². The Morgan fingerprint density at radius 1 is 1.12 bits per heavy atom. The van der Waals surface area contributed by atoms with Gasteiger partial charge in [0, 0.05) is 25.6 Å². The SMILES string of the molecule is OC1CCN(C[C@H]2C[C@@H]3c4ccccc4Cc4ccc(F)cc4[C@H]3O2)C1. The van der Waals surface area contributed by atoms with Crippen molar-refractivity contribution in [3.05, 3.63) is 70.5 Å². The average Bonchev–Trinajstić information content (AvgIpc) is 3.20. The van der Waals surface area contributed by atoms with Crippen LogP contribution >= 0.6 is 0 Å². The Kier molecular flexibility index (Phi) is 4.07. The van der Waals surface area contributed by atoms with Crippen molar-refractivity contribution in [2.24, 2.45) is 0 Å². The summed E-state index contributed by atoms with van der Waals surface area (Å²) in [4.78, 5) is 2.29. The van der Waals surface area contributed by atoms with E-state index in [-0.39, 0.29) is 30.0 Å². The first-order chi connectivity index (χ1) is 12.7. The largest absolute Gasteiger partial charge is 0.392 e. The number of nitrogens with zero attached hydrogens (tertiary/aromatic N) is 1. The third-order valence-corrected chi connectivity index (χ3v) is 6.18. The van der Waals surface area contributed by atoms with E-state index in [0.717, 1.165) is 44.5 Å². The van der Waals surface area contributed by atoms with Gasteiger partial charge in [0.15, 0.2) is 0 Å². The van der Waals surface area contributed by atoms with Crippen molar-refractivity contribution in [2.75, 3.05) is 19.6 Å². The van der Waals surface area contributed by atoms with Crippen molar-refractivity contribution >= 4 is 0 Å². The molecule has 136 valence electrons. The molecule has 2 aliphatic heterocycles. The summed E-state index contributed by atoms with van der Waals surface area (Å²) in [6.45, 7) is 2.51. The van der Waals surface area contributed by atoms with Gasteiger partial charge in [-0.15, -0.1) is 0 Å². The van der Waals surface area contributed by atoms with Crippen LogP contribution in [0, 0.1) is 5.82 Å². The molecular formula is C22H24FNO2. The van der Waals surface area contributed by atoms with Crippen LogP contribution in [-0.4, -0.2) is 41.8 Å². The van der Waals surface area contributed by atoms with Gasteiger partial charge in [0.25, 0.3) is 0 Å². The van der Waals surface area contributed by atoms with Crippen LogP contribution in [0.2, 0.25) is 0 Å². The molecule has 0 bridgehead atoms. The van der Waals surface area contributed by atoms with E-state index < -0.39 is 0 Å². The predicted octanol–water partition coefficient (Wildman–Crippen LogP) is 3.41. The van der Waals surface area contributed by atoms with E-state index in [0.29, 0.717) is 0 Å². The Morgan fingerprint density at radius 2 is 1.96 bits per heavy atom. The number of halogens is 1. The fraction of sp³-hybridized carbons (Fsp3) is 0.455. The zero-order valence-corrected chi connectivity index (χ0v) is 14.8. The molecule has 3 nitrogen and oxygen atoms in total. The van der Waals surface area contributed by atoms with Crippen LogP contribution in [0.25, 0.3) is 0 Å². The van der Waals surface area contributed by atoms with Gasteiger partial charge in [0.05, 0.1) is 18.3 Å². The van der Waals surface area contributed by atoms with Gasteiger partial charge in [-0.1, -0.05) is 30.3 Å². The summed E-state index contributed by atoms with van der Waals surface area (Å²) in [6.07, 6.45) is 2.46. The molecule has 2 aromatic carbocycles. The minimum absolute atomic E-state index is 0.0816. The smallest absolute Gasteiger partial charge is 0.123 e. The first-order valence-corrected chi connectivity index (χ1v) is 9.59. The average molecular weight is 353 g/mol. The number of hydrogen-bond acceptors (Lipinski definition) is 3. The molecule has 26 heavy (non-hydrogen) atoms. The zero-order chi connectivity index (χ0) is 17.7. The lowest BCUT2D eigenvalue weighted by molar-refractivity contribution is 0.0211. The highest BCUT2D eigenvalue weighted by Gasteiger charge is 2.41. The predicted molar refractivity (Wildman–Crippen MR) is 97.7 cm³/mol. The second-order valence-corrected chi connectivity index (χ2v) is 7.94. The molecule has 1 unspecified atom stereocenters. The highest BCUT2D eigenvalue weighted by Crippen LogP contribution is 2.49. The molecule has 2 aromatic rings. The van der Waals surface area contributed by atoms with E-state index in [1.165, 1.54) is 16.7 Å². The molecule has 3 aliphatic rings. The van der Waals surface area contributed by atoms with Crippen LogP contribution < -0.4 is 0 Å². The second-order valence-electron chi connectivity index (χ2n) is 7.94. The van der Waals surface area contributed by atoms with Gasteiger partial charge < -0.3 is 9.84 Å². The number of aliphatic hydroxyl groups is 1. The third-order valence-electron chi connectivity index (χ3n) is 6.18. The summed E-state index contributed by atoms with van der Waals surface area (Å²) in [5.74, 6) is 0.0787. The number of likely N-dealkylation sites (tertiary alicyclic amines) is 1. The van der Waals surface area contributed by atoms with Gasteiger partial charge in [-0.2, -0.15) is 0 Å². The lowest BCUT2D eigenvalue weighted by atomic mass is 9.87. The molecular weight excluding hydrogens is 329 g/mol. The van der Waals surface area contributed by atoms with Gasteiger partial charge in [-0.3, -0.25) is 4.90 Å². The van der Waals surface area contributed by atoms with Crippen molar-refractivity contribution < 1.29 is 14.2 Å². The van der Waals surface area contributed by atoms with Gasteiger partial charge >= 0.3 is 0 Å². The first-order valence-electron chi connectivity index (χ1n) is 9.59. The van der Waals surface area contributed by atoms with Crippen LogP contribution in [-0.2, 0) is 11.2 Å². The maximum atomic E-state index is 14.0. The van der Waals surface area contributed by atoms with Crippen molar-refractivity contribution in [1.29, 1.82) is 0 Å². The maximum absolute atomic E-state index is 14.0. The summed E-state index contributed by atoms with van der Waals surface area (Å²) in [7, 11) is 0. The molecule has 2 heterocycles. The summed E-state index contributed by atoms with van der Waals surface area (Å²) < 4.78 is 20.5. The first kappa shape index (κ1) is 16.4.